The molecule has 2 rings (SSSR count). The minimum Gasteiger partial charge on any atom is -0.387 e. The summed E-state index contributed by atoms with van der Waals surface area (Å²) in [5.74, 6) is -1.46. The van der Waals surface area contributed by atoms with E-state index in [1.54, 1.807) is 0 Å². The zero-order chi connectivity index (χ0) is 14.7. The van der Waals surface area contributed by atoms with Crippen molar-refractivity contribution in [1.82, 2.24) is 10.6 Å². The van der Waals surface area contributed by atoms with Crippen LogP contribution in [-0.4, -0.2) is 44.1 Å². The third-order valence-electron chi connectivity index (χ3n) is 3.51. The Morgan fingerprint density at radius 1 is 1.40 bits per heavy atom. The lowest BCUT2D eigenvalue weighted by Gasteiger charge is -2.15. The second kappa shape index (κ2) is 5.92. The highest BCUT2D eigenvalue weighted by Crippen LogP contribution is 2.29. The van der Waals surface area contributed by atoms with Crippen molar-refractivity contribution in [3.05, 3.63) is 29.3 Å². The van der Waals surface area contributed by atoms with Crippen LogP contribution in [0.25, 0.3) is 0 Å². The average molecular weight is 277 g/mol. The fraction of sp³-hybridized carbons (Fsp3) is 0.429. The molecule has 0 aliphatic carbocycles. The number of fused-ring (bicyclic) bond motifs is 1. The van der Waals surface area contributed by atoms with Gasteiger partial charge in [0.05, 0.1) is 6.10 Å². The van der Waals surface area contributed by atoms with Gasteiger partial charge in [-0.3, -0.25) is 9.59 Å². The summed E-state index contributed by atoms with van der Waals surface area (Å²) in [5.41, 5.74) is 3.12. The minimum atomic E-state index is -0.820. The van der Waals surface area contributed by atoms with Gasteiger partial charge >= 0.3 is 11.8 Å². The Balaban J connectivity index is 1.98. The number of nitrogens with zero attached hydrogens (tertiary/aromatic N) is 1. The molecule has 0 spiro atoms. The largest absolute Gasteiger partial charge is 0.387 e. The summed E-state index contributed by atoms with van der Waals surface area (Å²) in [5, 5.41) is 14.7. The standard InChI is InChI=1S/C14H19N3O3/c1-15-13(19)14(20)16-8-12(18)10-3-4-11-9(7-10)5-6-17(11)2/h3-4,7,12,18H,5-6,8H2,1-2H3,(H,15,19)(H,16,20)/t12-/m0/s1. The van der Waals surface area contributed by atoms with Crippen LogP contribution in [0.5, 0.6) is 0 Å². The van der Waals surface area contributed by atoms with E-state index in [0.717, 1.165) is 18.5 Å². The maximum Gasteiger partial charge on any atom is 0.309 e. The molecule has 1 atom stereocenters. The second-order valence-electron chi connectivity index (χ2n) is 4.86. The predicted octanol–water partition coefficient (Wildman–Crippen LogP) is -0.425. The maximum absolute atomic E-state index is 11.3. The topological polar surface area (TPSA) is 81.7 Å². The summed E-state index contributed by atoms with van der Waals surface area (Å²) in [6.45, 7) is 0.989. The molecule has 6 nitrogen and oxygen atoms in total. The van der Waals surface area contributed by atoms with Gasteiger partial charge in [0.15, 0.2) is 0 Å². The molecular formula is C14H19N3O3. The molecule has 20 heavy (non-hydrogen) atoms. The number of carbonyl (C=O) groups is 2. The van der Waals surface area contributed by atoms with E-state index in [0.29, 0.717) is 0 Å². The van der Waals surface area contributed by atoms with E-state index in [-0.39, 0.29) is 6.54 Å². The van der Waals surface area contributed by atoms with Crippen LogP contribution in [-0.2, 0) is 16.0 Å². The Morgan fingerprint density at radius 2 is 2.15 bits per heavy atom. The van der Waals surface area contributed by atoms with Crippen molar-refractivity contribution < 1.29 is 14.7 Å². The van der Waals surface area contributed by atoms with Crippen molar-refractivity contribution in [2.45, 2.75) is 12.5 Å². The number of anilines is 1. The number of nitrogens with one attached hydrogen (secondary N) is 2. The van der Waals surface area contributed by atoms with Crippen LogP contribution < -0.4 is 15.5 Å². The molecule has 3 N–H and O–H groups in total. The zero-order valence-electron chi connectivity index (χ0n) is 11.6. The molecule has 0 saturated carbocycles. The van der Waals surface area contributed by atoms with Gasteiger partial charge in [-0.05, 0) is 23.6 Å². The van der Waals surface area contributed by atoms with Crippen molar-refractivity contribution in [2.75, 3.05) is 32.1 Å². The highest BCUT2D eigenvalue weighted by atomic mass is 16.3. The first kappa shape index (κ1) is 14.3. The van der Waals surface area contributed by atoms with Crippen LogP contribution in [0, 0.1) is 0 Å². The molecule has 108 valence electrons. The first-order valence-electron chi connectivity index (χ1n) is 6.55. The molecule has 1 aromatic carbocycles. The molecule has 1 aromatic rings. The molecule has 0 radical (unpaired) electrons. The van der Waals surface area contributed by atoms with Gasteiger partial charge in [-0.2, -0.15) is 0 Å². The summed E-state index contributed by atoms with van der Waals surface area (Å²) < 4.78 is 0. The van der Waals surface area contributed by atoms with Gasteiger partial charge in [0, 0.05) is 32.9 Å². The summed E-state index contributed by atoms with van der Waals surface area (Å²) in [6.07, 6.45) is 0.136. The van der Waals surface area contributed by atoms with Crippen molar-refractivity contribution in [3.8, 4) is 0 Å². The molecule has 0 fully saturated rings. The number of amides is 2. The number of hydrogen-bond acceptors (Lipinski definition) is 4. The fourth-order valence-electron chi connectivity index (χ4n) is 2.29. The zero-order valence-corrected chi connectivity index (χ0v) is 11.6. The molecule has 1 heterocycles. The van der Waals surface area contributed by atoms with E-state index in [9.17, 15) is 14.7 Å². The van der Waals surface area contributed by atoms with Crippen LogP contribution in [0.15, 0.2) is 18.2 Å². The van der Waals surface area contributed by atoms with E-state index in [4.69, 9.17) is 0 Å². The number of rotatable bonds is 3. The van der Waals surface area contributed by atoms with Crippen molar-refractivity contribution in [3.63, 3.8) is 0 Å². The molecule has 0 bridgehead atoms. The third-order valence-corrected chi connectivity index (χ3v) is 3.51. The van der Waals surface area contributed by atoms with Crippen LogP contribution >= 0.6 is 0 Å². The van der Waals surface area contributed by atoms with Crippen LogP contribution in [0.3, 0.4) is 0 Å². The summed E-state index contributed by atoms with van der Waals surface area (Å²) >= 11 is 0. The summed E-state index contributed by atoms with van der Waals surface area (Å²) in [4.78, 5) is 24.5. The van der Waals surface area contributed by atoms with Gasteiger partial charge in [0.1, 0.15) is 0 Å². The van der Waals surface area contributed by atoms with Crippen LogP contribution in [0.4, 0.5) is 5.69 Å². The Kier molecular flexibility index (Phi) is 4.24. The highest BCUT2D eigenvalue weighted by Gasteiger charge is 2.19. The molecule has 1 aliphatic heterocycles. The predicted molar refractivity (Wildman–Crippen MR) is 75.5 cm³/mol. The third kappa shape index (κ3) is 2.91. The Morgan fingerprint density at radius 3 is 2.85 bits per heavy atom. The van der Waals surface area contributed by atoms with Gasteiger partial charge in [-0.15, -0.1) is 0 Å². The van der Waals surface area contributed by atoms with Crippen LogP contribution in [0.2, 0.25) is 0 Å². The smallest absolute Gasteiger partial charge is 0.309 e. The average Bonchev–Trinajstić information content (AvgIpc) is 2.84. The van der Waals surface area contributed by atoms with E-state index in [1.807, 2.05) is 25.2 Å². The Labute approximate surface area is 117 Å². The molecule has 0 aromatic heterocycles. The van der Waals surface area contributed by atoms with E-state index < -0.39 is 17.9 Å². The van der Waals surface area contributed by atoms with Gasteiger partial charge in [0.25, 0.3) is 0 Å². The van der Waals surface area contributed by atoms with E-state index in [1.165, 1.54) is 18.3 Å². The lowest BCUT2D eigenvalue weighted by molar-refractivity contribution is -0.139. The van der Waals surface area contributed by atoms with Crippen molar-refractivity contribution in [2.24, 2.45) is 0 Å². The summed E-state index contributed by atoms with van der Waals surface area (Å²) in [6, 6.07) is 5.77. The maximum atomic E-state index is 11.3. The van der Waals surface area contributed by atoms with Gasteiger partial charge in [-0.1, -0.05) is 12.1 Å². The first-order valence-corrected chi connectivity index (χ1v) is 6.55. The van der Waals surface area contributed by atoms with E-state index in [2.05, 4.69) is 15.5 Å². The molecule has 6 heteroatoms. The molecule has 1 aliphatic rings. The lowest BCUT2D eigenvalue weighted by Crippen LogP contribution is -2.39. The number of likely N-dealkylation sites (N-methyl/N-ethyl adjacent to an activating group) is 2. The Bertz CT molecular complexity index is 530. The fourth-order valence-corrected chi connectivity index (χ4v) is 2.29. The highest BCUT2D eigenvalue weighted by molar-refractivity contribution is 6.35. The number of carbonyl (C=O) groups excluding carboxylic acids is 2. The molecular weight excluding hydrogens is 258 g/mol. The quantitative estimate of drug-likeness (QED) is 0.655. The van der Waals surface area contributed by atoms with Crippen LogP contribution in [0.1, 0.15) is 17.2 Å². The molecule has 0 unspecified atom stereocenters. The van der Waals surface area contributed by atoms with Gasteiger partial charge < -0.3 is 20.6 Å². The lowest BCUT2D eigenvalue weighted by atomic mass is 10.0. The molecule has 2 amide bonds. The van der Waals surface area contributed by atoms with E-state index >= 15 is 0 Å². The monoisotopic (exact) mass is 277 g/mol. The second-order valence-corrected chi connectivity index (χ2v) is 4.86. The number of aliphatic hydroxyl groups excluding tert-OH is 1. The number of aliphatic hydroxyl groups is 1. The minimum absolute atomic E-state index is 0.0148. The normalized spacial score (nSPS) is 14.7. The first-order chi connectivity index (χ1) is 9.52. The summed E-state index contributed by atoms with van der Waals surface area (Å²) in [7, 11) is 3.42. The van der Waals surface area contributed by atoms with Crippen molar-refractivity contribution in [1.29, 1.82) is 0 Å². The SMILES string of the molecule is CNC(=O)C(=O)NC[C@H](O)c1ccc2c(c1)CCN2C. The van der Waals surface area contributed by atoms with Gasteiger partial charge in [0.2, 0.25) is 0 Å². The van der Waals surface area contributed by atoms with Crippen molar-refractivity contribution >= 4 is 17.5 Å². The number of benzene rings is 1. The molecule has 0 saturated heterocycles. The number of hydrogen-bond donors (Lipinski definition) is 3. The van der Waals surface area contributed by atoms with Gasteiger partial charge in [-0.25, -0.2) is 0 Å². The Hall–Kier alpha value is -2.08.